The lowest BCUT2D eigenvalue weighted by Gasteiger charge is -2.06. The van der Waals surface area contributed by atoms with Gasteiger partial charge in [0, 0.05) is 12.2 Å². The van der Waals surface area contributed by atoms with Gasteiger partial charge in [-0.1, -0.05) is 19.1 Å². The van der Waals surface area contributed by atoms with Crippen LogP contribution < -0.4 is 10.9 Å². The van der Waals surface area contributed by atoms with E-state index < -0.39 is 0 Å². The molecule has 0 saturated heterocycles. The molecule has 0 radical (unpaired) electrons. The molecule has 1 rings (SSSR count). The van der Waals surface area contributed by atoms with Crippen LogP contribution >= 0.6 is 0 Å². The van der Waals surface area contributed by atoms with Crippen molar-refractivity contribution in [3.63, 3.8) is 0 Å². The Morgan fingerprint density at radius 2 is 2.24 bits per heavy atom. The van der Waals surface area contributed by atoms with Gasteiger partial charge in [-0.25, -0.2) is 0 Å². The number of nitrogens with one attached hydrogen (secondary N) is 2. The number of allylic oxidation sites excluding steroid dienone is 1. The van der Waals surface area contributed by atoms with Gasteiger partial charge in [0.25, 0.3) is 11.5 Å². The summed E-state index contributed by atoms with van der Waals surface area (Å²) < 4.78 is 0. The number of pyridine rings is 1. The number of aromatic nitrogens is 1. The molecule has 2 N–H and O–H groups in total. The first-order chi connectivity index (χ1) is 8.10. The molecule has 1 heterocycles. The molecule has 0 spiro atoms. The quantitative estimate of drug-likeness (QED) is 0.776. The Hall–Kier alpha value is -1.84. The fourth-order valence-electron chi connectivity index (χ4n) is 1.57. The van der Waals surface area contributed by atoms with Crippen LogP contribution in [0.15, 0.2) is 23.0 Å². The first-order valence-corrected chi connectivity index (χ1v) is 5.72. The number of aromatic amines is 1. The number of carbonyl (C=O) groups is 1. The van der Waals surface area contributed by atoms with Crippen molar-refractivity contribution in [2.24, 2.45) is 0 Å². The number of H-pyrrole nitrogens is 1. The van der Waals surface area contributed by atoms with Crippen molar-refractivity contribution in [3.8, 4) is 0 Å². The number of carbonyl (C=O) groups excluding carboxylic acids is 1. The normalized spacial score (nSPS) is 10.8. The van der Waals surface area contributed by atoms with Gasteiger partial charge in [0.1, 0.15) is 5.56 Å². The van der Waals surface area contributed by atoms with Crippen LogP contribution in [0.3, 0.4) is 0 Å². The molecule has 92 valence electrons. The third-order valence-electron chi connectivity index (χ3n) is 2.59. The van der Waals surface area contributed by atoms with Crippen LogP contribution in [0.5, 0.6) is 0 Å². The van der Waals surface area contributed by atoms with Gasteiger partial charge < -0.3 is 10.3 Å². The van der Waals surface area contributed by atoms with E-state index in [0.29, 0.717) is 6.54 Å². The van der Waals surface area contributed by atoms with Crippen molar-refractivity contribution < 1.29 is 4.79 Å². The molecule has 0 saturated carbocycles. The molecule has 0 unspecified atom stereocenters. The van der Waals surface area contributed by atoms with Gasteiger partial charge in [-0.3, -0.25) is 9.59 Å². The first-order valence-electron chi connectivity index (χ1n) is 5.72. The topological polar surface area (TPSA) is 62.0 Å². The van der Waals surface area contributed by atoms with E-state index >= 15 is 0 Å². The summed E-state index contributed by atoms with van der Waals surface area (Å²) in [5.74, 6) is -0.334. The highest BCUT2D eigenvalue weighted by molar-refractivity contribution is 5.94. The van der Waals surface area contributed by atoms with Crippen molar-refractivity contribution >= 4 is 5.91 Å². The summed E-state index contributed by atoms with van der Waals surface area (Å²) in [6.45, 7) is 6.13. The maximum atomic E-state index is 11.8. The van der Waals surface area contributed by atoms with Crippen molar-refractivity contribution in [1.82, 2.24) is 10.3 Å². The Morgan fingerprint density at radius 3 is 2.82 bits per heavy atom. The maximum Gasteiger partial charge on any atom is 0.261 e. The SMILES string of the molecule is C/C=C/CNC(=O)c1cc(CC)c(C)[nH]c1=O. The maximum absolute atomic E-state index is 11.8. The van der Waals surface area contributed by atoms with E-state index in [1.54, 1.807) is 6.07 Å². The van der Waals surface area contributed by atoms with Crippen LogP contribution in [-0.4, -0.2) is 17.4 Å². The molecule has 0 atom stereocenters. The van der Waals surface area contributed by atoms with Crippen molar-refractivity contribution in [2.75, 3.05) is 6.54 Å². The van der Waals surface area contributed by atoms with Crippen molar-refractivity contribution in [2.45, 2.75) is 27.2 Å². The second-order valence-corrected chi connectivity index (χ2v) is 3.79. The molecule has 1 amide bonds. The van der Waals surface area contributed by atoms with Crippen LogP contribution in [0.25, 0.3) is 0 Å². The van der Waals surface area contributed by atoms with Gasteiger partial charge in [0.2, 0.25) is 0 Å². The smallest absolute Gasteiger partial charge is 0.261 e. The summed E-state index contributed by atoms with van der Waals surface area (Å²) in [5, 5.41) is 2.67. The number of hydrogen-bond donors (Lipinski definition) is 2. The summed E-state index contributed by atoms with van der Waals surface area (Å²) in [5.41, 5.74) is 1.65. The zero-order valence-electron chi connectivity index (χ0n) is 10.5. The van der Waals surface area contributed by atoms with Crippen LogP contribution in [0.4, 0.5) is 0 Å². The van der Waals surface area contributed by atoms with Gasteiger partial charge in [-0.2, -0.15) is 0 Å². The summed E-state index contributed by atoms with van der Waals surface area (Å²) >= 11 is 0. The third kappa shape index (κ3) is 3.31. The lowest BCUT2D eigenvalue weighted by Crippen LogP contribution is -2.30. The lowest BCUT2D eigenvalue weighted by atomic mass is 10.1. The van der Waals surface area contributed by atoms with Gasteiger partial charge >= 0.3 is 0 Å². The lowest BCUT2D eigenvalue weighted by molar-refractivity contribution is 0.0956. The highest BCUT2D eigenvalue weighted by Crippen LogP contribution is 2.05. The fourth-order valence-corrected chi connectivity index (χ4v) is 1.57. The average molecular weight is 234 g/mol. The predicted molar refractivity (Wildman–Crippen MR) is 68.3 cm³/mol. The van der Waals surface area contributed by atoms with Crippen molar-refractivity contribution in [1.29, 1.82) is 0 Å². The molecule has 1 aromatic rings. The minimum Gasteiger partial charge on any atom is -0.348 e. The number of aryl methyl sites for hydroxylation is 2. The molecule has 1 aromatic heterocycles. The molecular weight excluding hydrogens is 216 g/mol. The van der Waals surface area contributed by atoms with E-state index in [9.17, 15) is 9.59 Å². The number of rotatable bonds is 4. The number of hydrogen-bond acceptors (Lipinski definition) is 2. The van der Waals surface area contributed by atoms with E-state index in [1.165, 1.54) is 0 Å². The van der Waals surface area contributed by atoms with Gasteiger partial charge in [0.05, 0.1) is 0 Å². The predicted octanol–water partition coefficient (Wildman–Crippen LogP) is 1.55. The molecular formula is C13H18N2O2. The van der Waals surface area contributed by atoms with Crippen LogP contribution in [-0.2, 0) is 6.42 Å². The Morgan fingerprint density at radius 1 is 1.53 bits per heavy atom. The molecule has 4 heteroatoms. The van der Waals surface area contributed by atoms with Crippen LogP contribution in [0, 0.1) is 6.92 Å². The molecule has 0 fully saturated rings. The van der Waals surface area contributed by atoms with Crippen LogP contribution in [0.2, 0.25) is 0 Å². The third-order valence-corrected chi connectivity index (χ3v) is 2.59. The summed E-state index contributed by atoms with van der Waals surface area (Å²) in [6.07, 6.45) is 4.45. The molecule has 17 heavy (non-hydrogen) atoms. The van der Waals surface area contributed by atoms with E-state index in [4.69, 9.17) is 0 Å². The largest absolute Gasteiger partial charge is 0.348 e. The highest BCUT2D eigenvalue weighted by atomic mass is 16.2. The average Bonchev–Trinajstić information content (AvgIpc) is 2.29. The monoisotopic (exact) mass is 234 g/mol. The minimum atomic E-state index is -0.335. The van der Waals surface area contributed by atoms with E-state index in [-0.39, 0.29) is 17.0 Å². The molecule has 0 bridgehead atoms. The Labute approximate surface area is 101 Å². The van der Waals surface area contributed by atoms with Crippen LogP contribution in [0.1, 0.15) is 35.5 Å². The molecule has 0 aromatic carbocycles. The minimum absolute atomic E-state index is 0.178. The van der Waals surface area contributed by atoms with Crippen molar-refractivity contribution in [3.05, 3.63) is 45.4 Å². The van der Waals surface area contributed by atoms with E-state index in [1.807, 2.05) is 32.9 Å². The van der Waals surface area contributed by atoms with Gasteiger partial charge in [-0.05, 0) is 31.9 Å². The zero-order valence-corrected chi connectivity index (χ0v) is 10.5. The van der Waals surface area contributed by atoms with Gasteiger partial charge in [0.15, 0.2) is 0 Å². The first kappa shape index (κ1) is 13.2. The summed E-state index contributed by atoms with van der Waals surface area (Å²) in [7, 11) is 0. The molecule has 4 nitrogen and oxygen atoms in total. The van der Waals surface area contributed by atoms with Gasteiger partial charge in [-0.15, -0.1) is 0 Å². The number of amides is 1. The van der Waals surface area contributed by atoms with E-state index in [0.717, 1.165) is 17.7 Å². The molecule has 0 aliphatic carbocycles. The second-order valence-electron chi connectivity index (χ2n) is 3.79. The Bertz CT molecular complexity index is 487. The Kier molecular flexibility index (Phi) is 4.69. The second kappa shape index (κ2) is 6.03. The Balaban J connectivity index is 2.97. The molecule has 0 aliphatic rings. The summed E-state index contributed by atoms with van der Waals surface area (Å²) in [6, 6.07) is 1.67. The highest BCUT2D eigenvalue weighted by Gasteiger charge is 2.11. The molecule has 0 aliphatic heterocycles. The summed E-state index contributed by atoms with van der Waals surface area (Å²) in [4.78, 5) is 26.1. The standard InChI is InChI=1S/C13H18N2O2/c1-4-6-7-14-12(16)11-8-10(5-2)9(3)15-13(11)17/h4,6,8H,5,7H2,1-3H3,(H,14,16)(H,15,17)/b6-4+. The zero-order chi connectivity index (χ0) is 12.8. The van der Waals surface area contributed by atoms with E-state index in [2.05, 4.69) is 10.3 Å². The fraction of sp³-hybridized carbons (Fsp3) is 0.385.